The number of carbonyl (C=O) groups is 3. The molecule has 1 aliphatic heterocycles. The number of benzene rings is 3. The number of para-hydroxylation sites is 2. The first-order chi connectivity index (χ1) is 14.1. The molecular weight excluding hydrogens is 366 g/mol. The van der Waals surface area contributed by atoms with Crippen molar-refractivity contribution in [1.82, 2.24) is 0 Å². The van der Waals surface area contributed by atoms with E-state index >= 15 is 0 Å². The molecule has 0 N–H and O–H groups in total. The molecule has 0 bridgehead atoms. The lowest BCUT2D eigenvalue weighted by Gasteiger charge is -2.40. The monoisotopic (exact) mass is 381 g/mol. The van der Waals surface area contributed by atoms with Crippen LogP contribution in [0.15, 0.2) is 91.0 Å². The Hall–Kier alpha value is -4.24. The summed E-state index contributed by atoms with van der Waals surface area (Å²) in [5.74, 6) is -1.78. The highest BCUT2D eigenvalue weighted by atomic mass is 16.2. The van der Waals surface area contributed by atoms with E-state index in [0.29, 0.717) is 0 Å². The minimum atomic E-state index is -2.18. The average Bonchev–Trinajstić information content (AvgIpc) is 2.77. The summed E-state index contributed by atoms with van der Waals surface area (Å²) in [6, 6.07) is 25.7. The van der Waals surface area contributed by atoms with Gasteiger partial charge in [0.15, 0.2) is 0 Å². The Morgan fingerprint density at radius 3 is 1.38 bits per heavy atom. The van der Waals surface area contributed by atoms with Gasteiger partial charge in [-0.25, -0.2) is 14.6 Å². The normalized spacial score (nSPS) is 15.9. The van der Waals surface area contributed by atoms with Gasteiger partial charge in [0, 0.05) is 0 Å². The highest BCUT2D eigenvalue weighted by molar-refractivity contribution is 6.41. The fourth-order valence-electron chi connectivity index (χ4n) is 3.41. The summed E-state index contributed by atoms with van der Waals surface area (Å²) in [5.41, 5.74) is -1.40. The molecule has 1 aliphatic rings. The van der Waals surface area contributed by atoms with Crippen molar-refractivity contribution in [3.05, 3.63) is 96.6 Å². The largest absolute Gasteiger partial charge is 0.342 e. The van der Waals surface area contributed by atoms with Gasteiger partial charge < -0.3 is 0 Å². The molecule has 0 aliphatic carbocycles. The standard InChI is InChI=1S/C23H15N3O3/c24-16-23(17-10-4-1-5-11-17)20(27)25(18-12-6-2-7-13-18)22(29)26(21(23)28)19-14-8-3-9-15-19/h1-15H. The minimum Gasteiger partial charge on any atom is -0.271 e. The van der Waals surface area contributed by atoms with Crippen LogP contribution in [0.2, 0.25) is 0 Å². The van der Waals surface area contributed by atoms with Crippen molar-refractivity contribution in [2.45, 2.75) is 5.41 Å². The van der Waals surface area contributed by atoms with Crippen LogP contribution in [-0.4, -0.2) is 17.8 Å². The van der Waals surface area contributed by atoms with Crippen molar-refractivity contribution in [3.63, 3.8) is 0 Å². The van der Waals surface area contributed by atoms with Gasteiger partial charge in [0.2, 0.25) is 5.41 Å². The molecule has 0 saturated carbocycles. The fourth-order valence-corrected chi connectivity index (χ4v) is 3.41. The highest BCUT2D eigenvalue weighted by Crippen LogP contribution is 2.37. The molecule has 0 spiro atoms. The molecule has 0 radical (unpaired) electrons. The summed E-state index contributed by atoms with van der Waals surface area (Å²) < 4.78 is 0. The number of hydrogen-bond donors (Lipinski definition) is 0. The summed E-state index contributed by atoms with van der Waals surface area (Å²) in [6.07, 6.45) is 0. The van der Waals surface area contributed by atoms with Crippen LogP contribution in [0.25, 0.3) is 0 Å². The van der Waals surface area contributed by atoms with E-state index in [0.717, 1.165) is 9.80 Å². The molecule has 0 atom stereocenters. The summed E-state index contributed by atoms with van der Waals surface area (Å²) in [7, 11) is 0. The number of amides is 4. The fraction of sp³-hybridized carbons (Fsp3) is 0.0435. The average molecular weight is 381 g/mol. The predicted octanol–water partition coefficient (Wildman–Crippen LogP) is 3.65. The lowest BCUT2D eigenvalue weighted by atomic mass is 9.77. The molecular formula is C23H15N3O3. The predicted molar refractivity (Wildman–Crippen MR) is 107 cm³/mol. The quantitative estimate of drug-likeness (QED) is 0.649. The summed E-state index contributed by atoms with van der Waals surface area (Å²) in [6.45, 7) is 0. The number of barbiturate groups is 1. The Bertz CT molecular complexity index is 1060. The van der Waals surface area contributed by atoms with Crippen molar-refractivity contribution in [2.75, 3.05) is 9.80 Å². The maximum Gasteiger partial charge on any atom is 0.342 e. The Morgan fingerprint density at radius 1 is 0.621 bits per heavy atom. The van der Waals surface area contributed by atoms with Crippen LogP contribution < -0.4 is 9.80 Å². The van der Waals surface area contributed by atoms with Crippen LogP contribution in [0.3, 0.4) is 0 Å². The third kappa shape index (κ3) is 2.68. The van der Waals surface area contributed by atoms with Crippen molar-refractivity contribution < 1.29 is 14.4 Å². The topological polar surface area (TPSA) is 81.5 Å². The van der Waals surface area contributed by atoms with Crippen LogP contribution in [0, 0.1) is 11.3 Å². The van der Waals surface area contributed by atoms with Gasteiger partial charge in [0.1, 0.15) is 0 Å². The van der Waals surface area contributed by atoms with Crippen LogP contribution in [0.1, 0.15) is 5.56 Å². The molecule has 0 aromatic heterocycles. The molecule has 29 heavy (non-hydrogen) atoms. The molecule has 4 rings (SSSR count). The second kappa shape index (κ2) is 7.06. The van der Waals surface area contributed by atoms with Gasteiger partial charge in [-0.05, 0) is 29.8 Å². The van der Waals surface area contributed by atoms with E-state index in [2.05, 4.69) is 0 Å². The third-order valence-electron chi connectivity index (χ3n) is 4.83. The molecule has 3 aromatic rings. The highest BCUT2D eigenvalue weighted by Gasteiger charge is 2.60. The number of hydrogen-bond acceptors (Lipinski definition) is 4. The van der Waals surface area contributed by atoms with Gasteiger partial charge in [-0.1, -0.05) is 66.7 Å². The Balaban J connectivity index is 1.99. The van der Waals surface area contributed by atoms with Gasteiger partial charge in [0.05, 0.1) is 17.4 Å². The first-order valence-corrected chi connectivity index (χ1v) is 8.91. The minimum absolute atomic E-state index is 0.215. The zero-order valence-corrected chi connectivity index (χ0v) is 15.2. The number of carbonyl (C=O) groups excluding carboxylic acids is 3. The van der Waals surface area contributed by atoms with E-state index in [1.165, 1.54) is 0 Å². The lowest BCUT2D eigenvalue weighted by molar-refractivity contribution is -0.132. The van der Waals surface area contributed by atoms with Crippen molar-refractivity contribution in [1.29, 1.82) is 5.26 Å². The number of nitrogens with zero attached hydrogens (tertiary/aromatic N) is 3. The van der Waals surface area contributed by atoms with Crippen molar-refractivity contribution in [2.24, 2.45) is 0 Å². The van der Waals surface area contributed by atoms with E-state index in [9.17, 15) is 19.6 Å². The molecule has 0 unspecified atom stereocenters. The third-order valence-corrected chi connectivity index (χ3v) is 4.83. The molecule has 4 amide bonds. The molecule has 6 nitrogen and oxygen atoms in total. The number of imide groups is 2. The smallest absolute Gasteiger partial charge is 0.271 e. The van der Waals surface area contributed by atoms with Gasteiger partial charge in [-0.15, -0.1) is 0 Å². The van der Waals surface area contributed by atoms with Gasteiger partial charge in [-0.3, -0.25) is 9.59 Å². The van der Waals surface area contributed by atoms with Gasteiger partial charge >= 0.3 is 6.03 Å². The molecule has 3 aromatic carbocycles. The molecule has 1 heterocycles. The van der Waals surface area contributed by atoms with Crippen LogP contribution in [0.5, 0.6) is 0 Å². The first kappa shape index (κ1) is 18.1. The zero-order chi connectivity index (χ0) is 20.4. The SMILES string of the molecule is N#CC1(c2ccccc2)C(=O)N(c2ccccc2)C(=O)N(c2ccccc2)C1=O. The van der Waals surface area contributed by atoms with Gasteiger partial charge in [-0.2, -0.15) is 5.26 Å². The summed E-state index contributed by atoms with van der Waals surface area (Å²) in [5, 5.41) is 10.1. The molecule has 6 heteroatoms. The van der Waals surface area contributed by atoms with Gasteiger partial charge in [0.25, 0.3) is 11.8 Å². The van der Waals surface area contributed by atoms with Crippen LogP contribution >= 0.6 is 0 Å². The van der Waals surface area contributed by atoms with Crippen LogP contribution in [0.4, 0.5) is 16.2 Å². The Kier molecular flexibility index (Phi) is 4.41. The maximum atomic E-state index is 13.5. The summed E-state index contributed by atoms with van der Waals surface area (Å²) in [4.78, 5) is 42.1. The molecule has 140 valence electrons. The summed E-state index contributed by atoms with van der Waals surface area (Å²) >= 11 is 0. The number of anilines is 2. The number of urea groups is 1. The van der Waals surface area contributed by atoms with E-state index in [-0.39, 0.29) is 16.9 Å². The van der Waals surface area contributed by atoms with E-state index in [1.54, 1.807) is 91.0 Å². The second-order valence-corrected chi connectivity index (χ2v) is 6.46. The van der Waals surface area contributed by atoms with Crippen molar-refractivity contribution >= 4 is 29.2 Å². The number of rotatable bonds is 3. The molecule has 1 saturated heterocycles. The zero-order valence-electron chi connectivity index (χ0n) is 15.2. The maximum absolute atomic E-state index is 13.5. The van der Waals surface area contributed by atoms with Crippen LogP contribution in [-0.2, 0) is 15.0 Å². The number of nitriles is 1. The van der Waals surface area contributed by atoms with E-state index in [4.69, 9.17) is 0 Å². The Labute approximate surface area is 167 Å². The Morgan fingerprint density at radius 2 is 1.00 bits per heavy atom. The molecule has 1 fully saturated rings. The van der Waals surface area contributed by atoms with Crippen molar-refractivity contribution in [3.8, 4) is 6.07 Å². The second-order valence-electron chi connectivity index (χ2n) is 6.46. The first-order valence-electron chi connectivity index (χ1n) is 8.91. The van der Waals surface area contributed by atoms with E-state index < -0.39 is 23.3 Å². The lowest BCUT2D eigenvalue weighted by Crippen LogP contribution is -2.67. The van der Waals surface area contributed by atoms with E-state index in [1.807, 2.05) is 6.07 Å².